The molecule has 0 bridgehead atoms. The maximum Gasteiger partial charge on any atom is 0.127 e. The summed E-state index contributed by atoms with van der Waals surface area (Å²) < 4.78 is 12.1. The second-order valence-electron chi connectivity index (χ2n) is 10.3. The SMILES string of the molecule is COc1ccc(N2CCN(c3c(C)c(C)c4c(c3C)CC(C)(CN3CCSCC3)O4)CC2)cc1. The summed E-state index contributed by atoms with van der Waals surface area (Å²) >= 11 is 2.07. The van der Waals surface area contributed by atoms with Crippen LogP contribution >= 0.6 is 11.8 Å². The molecule has 2 fully saturated rings. The topological polar surface area (TPSA) is 28.2 Å². The molecule has 5 nitrogen and oxygen atoms in total. The van der Waals surface area contributed by atoms with Crippen molar-refractivity contribution >= 4 is 23.1 Å². The molecule has 1 unspecified atom stereocenters. The van der Waals surface area contributed by atoms with E-state index in [1.165, 1.54) is 58.2 Å². The largest absolute Gasteiger partial charge is 0.497 e. The average Bonchev–Trinajstić information content (AvgIpc) is 3.21. The summed E-state index contributed by atoms with van der Waals surface area (Å²) in [5, 5.41) is 0. The van der Waals surface area contributed by atoms with Crippen LogP contribution in [0.3, 0.4) is 0 Å². The molecule has 3 aliphatic rings. The molecule has 5 rings (SSSR count). The van der Waals surface area contributed by atoms with Gasteiger partial charge >= 0.3 is 0 Å². The van der Waals surface area contributed by atoms with Crippen molar-refractivity contribution < 1.29 is 9.47 Å². The van der Waals surface area contributed by atoms with Crippen molar-refractivity contribution in [2.75, 3.05) is 74.2 Å². The van der Waals surface area contributed by atoms with Crippen molar-refractivity contribution in [2.45, 2.75) is 39.7 Å². The third-order valence-electron chi connectivity index (χ3n) is 7.93. The van der Waals surface area contributed by atoms with E-state index in [9.17, 15) is 0 Å². The van der Waals surface area contributed by atoms with Crippen molar-refractivity contribution in [3.8, 4) is 11.5 Å². The fourth-order valence-electron chi connectivity index (χ4n) is 5.95. The number of hydrogen-bond donors (Lipinski definition) is 0. The zero-order valence-electron chi connectivity index (χ0n) is 21.4. The number of anilines is 2. The normalized spacial score (nSPS) is 23.1. The summed E-state index contributed by atoms with van der Waals surface area (Å²) in [6.07, 6.45) is 1.01. The van der Waals surface area contributed by atoms with Gasteiger partial charge in [-0.25, -0.2) is 0 Å². The van der Waals surface area contributed by atoms with Crippen LogP contribution < -0.4 is 19.3 Å². The van der Waals surface area contributed by atoms with Gasteiger partial charge in [0.15, 0.2) is 0 Å². The Balaban J connectivity index is 1.33. The Morgan fingerprint density at radius 3 is 2.18 bits per heavy atom. The van der Waals surface area contributed by atoms with E-state index >= 15 is 0 Å². The number of benzene rings is 2. The van der Waals surface area contributed by atoms with Crippen LogP contribution in [0, 0.1) is 20.8 Å². The van der Waals surface area contributed by atoms with Gasteiger partial charge in [-0.2, -0.15) is 11.8 Å². The average molecular weight is 482 g/mol. The first-order valence-electron chi connectivity index (χ1n) is 12.6. The van der Waals surface area contributed by atoms with Gasteiger partial charge in [0.1, 0.15) is 17.1 Å². The van der Waals surface area contributed by atoms with Gasteiger partial charge in [0, 0.05) is 80.7 Å². The maximum atomic E-state index is 6.74. The number of fused-ring (bicyclic) bond motifs is 1. The molecule has 0 aromatic heterocycles. The van der Waals surface area contributed by atoms with E-state index in [4.69, 9.17) is 9.47 Å². The molecule has 3 aliphatic heterocycles. The molecule has 3 heterocycles. The van der Waals surface area contributed by atoms with Crippen LogP contribution in [0.4, 0.5) is 11.4 Å². The molecule has 0 aliphatic carbocycles. The summed E-state index contributed by atoms with van der Waals surface area (Å²) in [5.41, 5.74) is 8.15. The van der Waals surface area contributed by atoms with Crippen molar-refractivity contribution in [3.63, 3.8) is 0 Å². The van der Waals surface area contributed by atoms with E-state index in [-0.39, 0.29) is 5.60 Å². The summed E-state index contributed by atoms with van der Waals surface area (Å²) in [4.78, 5) is 7.69. The first-order chi connectivity index (χ1) is 16.4. The summed E-state index contributed by atoms with van der Waals surface area (Å²) in [7, 11) is 1.72. The van der Waals surface area contributed by atoms with Gasteiger partial charge < -0.3 is 19.3 Å². The Kier molecular flexibility index (Phi) is 6.64. The molecule has 0 spiro atoms. The molecule has 2 saturated heterocycles. The lowest BCUT2D eigenvalue weighted by molar-refractivity contribution is 0.0668. The van der Waals surface area contributed by atoms with E-state index in [1.807, 2.05) is 0 Å². The number of thioether (sulfide) groups is 1. The number of ether oxygens (including phenoxy) is 2. The first-order valence-corrected chi connectivity index (χ1v) is 13.8. The molecule has 2 aromatic carbocycles. The van der Waals surface area contributed by atoms with Crippen molar-refractivity contribution in [2.24, 2.45) is 0 Å². The van der Waals surface area contributed by atoms with Gasteiger partial charge in [-0.1, -0.05) is 0 Å². The number of hydrogen-bond acceptors (Lipinski definition) is 6. The van der Waals surface area contributed by atoms with Crippen LogP contribution in [0.25, 0.3) is 0 Å². The van der Waals surface area contributed by atoms with Crippen molar-refractivity contribution in [1.29, 1.82) is 0 Å². The Bertz CT molecular complexity index is 1030. The molecule has 0 saturated carbocycles. The third-order valence-corrected chi connectivity index (χ3v) is 8.88. The lowest BCUT2D eigenvalue weighted by Crippen LogP contribution is -2.47. The molecule has 1 atom stereocenters. The lowest BCUT2D eigenvalue weighted by Gasteiger charge is -2.39. The Morgan fingerprint density at radius 1 is 0.882 bits per heavy atom. The fourth-order valence-corrected chi connectivity index (χ4v) is 6.93. The van der Waals surface area contributed by atoms with E-state index in [1.54, 1.807) is 7.11 Å². The molecule has 34 heavy (non-hydrogen) atoms. The smallest absolute Gasteiger partial charge is 0.127 e. The standard InChI is InChI=1S/C28H39N3O2S/c1-20-21(2)27-25(18-28(4,33-27)19-29-14-16-34-17-15-29)22(3)26(20)31-12-10-30(11-13-31)23-6-8-24(32-5)9-7-23/h6-9H,10-19H2,1-5H3. The summed E-state index contributed by atoms with van der Waals surface area (Å²) in [6, 6.07) is 8.45. The predicted molar refractivity (Wildman–Crippen MR) is 145 cm³/mol. The van der Waals surface area contributed by atoms with Crippen LogP contribution in [-0.4, -0.2) is 74.9 Å². The Hall–Kier alpha value is -2.05. The van der Waals surface area contributed by atoms with Gasteiger partial charge in [-0.3, -0.25) is 4.90 Å². The molecule has 0 N–H and O–H groups in total. The van der Waals surface area contributed by atoms with E-state index in [0.29, 0.717) is 0 Å². The maximum absolute atomic E-state index is 6.74. The van der Waals surface area contributed by atoms with E-state index in [0.717, 1.165) is 50.6 Å². The molecule has 6 heteroatoms. The second-order valence-corrected chi connectivity index (χ2v) is 11.5. The number of methoxy groups -OCH3 is 1. The highest BCUT2D eigenvalue weighted by Crippen LogP contribution is 2.46. The second kappa shape index (κ2) is 9.54. The van der Waals surface area contributed by atoms with Crippen molar-refractivity contribution in [3.05, 3.63) is 46.5 Å². The quantitative estimate of drug-likeness (QED) is 0.615. The minimum absolute atomic E-state index is 0.127. The highest BCUT2D eigenvalue weighted by molar-refractivity contribution is 7.99. The lowest BCUT2D eigenvalue weighted by atomic mass is 9.90. The van der Waals surface area contributed by atoms with Gasteiger partial charge in [0.05, 0.1) is 7.11 Å². The van der Waals surface area contributed by atoms with Gasteiger partial charge in [0.25, 0.3) is 0 Å². The zero-order valence-corrected chi connectivity index (χ0v) is 22.3. The minimum atomic E-state index is -0.127. The van der Waals surface area contributed by atoms with Gasteiger partial charge in [-0.15, -0.1) is 0 Å². The molecule has 184 valence electrons. The number of nitrogens with zero attached hydrogens (tertiary/aromatic N) is 3. The predicted octanol–water partition coefficient (Wildman–Crippen LogP) is 4.69. The van der Waals surface area contributed by atoms with Crippen LogP contribution in [0.5, 0.6) is 11.5 Å². The fraction of sp³-hybridized carbons (Fsp3) is 0.571. The molecular weight excluding hydrogens is 442 g/mol. The highest BCUT2D eigenvalue weighted by atomic mass is 32.2. The van der Waals surface area contributed by atoms with E-state index in [2.05, 4.69) is 78.4 Å². The Labute approximate surface area is 209 Å². The first kappa shape index (κ1) is 23.7. The van der Waals surface area contributed by atoms with Gasteiger partial charge in [-0.05, 0) is 68.7 Å². The molecule has 0 radical (unpaired) electrons. The summed E-state index contributed by atoms with van der Waals surface area (Å²) in [6.45, 7) is 16.7. The zero-order chi connectivity index (χ0) is 23.9. The number of piperazine rings is 1. The Morgan fingerprint density at radius 2 is 1.53 bits per heavy atom. The summed E-state index contributed by atoms with van der Waals surface area (Å²) in [5.74, 6) is 4.56. The van der Waals surface area contributed by atoms with Crippen LogP contribution in [0.1, 0.15) is 29.2 Å². The van der Waals surface area contributed by atoms with Gasteiger partial charge in [0.2, 0.25) is 0 Å². The molecular formula is C28H39N3O2S. The van der Waals surface area contributed by atoms with Crippen LogP contribution in [0.2, 0.25) is 0 Å². The van der Waals surface area contributed by atoms with Crippen LogP contribution in [-0.2, 0) is 6.42 Å². The minimum Gasteiger partial charge on any atom is -0.497 e. The highest BCUT2D eigenvalue weighted by Gasteiger charge is 2.40. The van der Waals surface area contributed by atoms with E-state index < -0.39 is 0 Å². The number of rotatable bonds is 5. The van der Waals surface area contributed by atoms with Crippen LogP contribution in [0.15, 0.2) is 24.3 Å². The molecule has 0 amide bonds. The monoisotopic (exact) mass is 481 g/mol. The van der Waals surface area contributed by atoms with Crippen molar-refractivity contribution in [1.82, 2.24) is 4.90 Å². The third kappa shape index (κ3) is 4.47. The molecule has 2 aromatic rings.